The summed E-state index contributed by atoms with van der Waals surface area (Å²) in [6.07, 6.45) is -0.0608. The van der Waals surface area contributed by atoms with Crippen molar-refractivity contribution in [2.24, 2.45) is 5.92 Å². The van der Waals surface area contributed by atoms with Gasteiger partial charge in [-0.25, -0.2) is 15.0 Å². The van der Waals surface area contributed by atoms with E-state index in [1.54, 1.807) is 41.3 Å². The summed E-state index contributed by atoms with van der Waals surface area (Å²) in [6.45, 7) is 5.33. The highest BCUT2D eigenvalue weighted by molar-refractivity contribution is 5.95. The zero-order valence-electron chi connectivity index (χ0n) is 22.5. The maximum absolute atomic E-state index is 13.0. The summed E-state index contributed by atoms with van der Waals surface area (Å²) < 4.78 is 45.0. The van der Waals surface area contributed by atoms with Crippen molar-refractivity contribution >= 4 is 28.5 Å². The van der Waals surface area contributed by atoms with Crippen LogP contribution >= 0.6 is 0 Å². The van der Waals surface area contributed by atoms with Crippen molar-refractivity contribution in [3.63, 3.8) is 0 Å². The average Bonchev–Trinajstić information content (AvgIpc) is 3.43. The van der Waals surface area contributed by atoms with Crippen LogP contribution in [0.25, 0.3) is 28.1 Å². The molecule has 1 aliphatic rings. The van der Waals surface area contributed by atoms with Crippen molar-refractivity contribution in [1.82, 2.24) is 20.3 Å². The number of carbonyl (C=O) groups excluding carboxylic acids is 1. The normalized spacial score (nSPS) is 14.7. The number of oxazole rings is 1. The Morgan fingerprint density at radius 3 is 2.56 bits per heavy atom. The molecule has 8 nitrogen and oxygen atoms in total. The molecule has 2 aromatic heterocycles. The molecule has 1 aliphatic heterocycles. The summed E-state index contributed by atoms with van der Waals surface area (Å²) in [5, 5.41) is 12.4. The molecule has 0 aliphatic carbocycles. The number of nitrogens with zero attached hydrogens (tertiary/aromatic N) is 5. The molecule has 0 spiro atoms. The number of aromatic nitrogens is 3. The van der Waals surface area contributed by atoms with Gasteiger partial charge in [0.1, 0.15) is 11.2 Å². The minimum absolute atomic E-state index is 0.0695. The molecule has 11 heteroatoms. The first-order valence-electron chi connectivity index (χ1n) is 13.2. The molecule has 1 saturated heterocycles. The Morgan fingerprint density at radius 2 is 1.90 bits per heavy atom. The average molecular weight is 561 g/mol. The second-order valence-corrected chi connectivity index (χ2v) is 9.93. The summed E-state index contributed by atoms with van der Waals surface area (Å²) in [6, 6.07) is 13.4. The van der Waals surface area contributed by atoms with Gasteiger partial charge in [-0.2, -0.15) is 18.4 Å². The summed E-state index contributed by atoms with van der Waals surface area (Å²) in [5.74, 6) is 0.430. The van der Waals surface area contributed by atoms with Crippen molar-refractivity contribution in [3.8, 4) is 17.5 Å². The monoisotopic (exact) mass is 560 g/mol. The van der Waals surface area contributed by atoms with Gasteiger partial charge in [0.05, 0.1) is 11.6 Å². The van der Waals surface area contributed by atoms with E-state index in [1.807, 2.05) is 19.9 Å². The highest BCUT2D eigenvalue weighted by atomic mass is 19.4. The quantitative estimate of drug-likeness (QED) is 0.297. The second kappa shape index (κ2) is 11.4. The number of fused-ring (bicyclic) bond motifs is 1. The van der Waals surface area contributed by atoms with Crippen LogP contribution in [-0.4, -0.2) is 40.5 Å². The van der Waals surface area contributed by atoms with E-state index < -0.39 is 11.9 Å². The smallest absolute Gasteiger partial charge is 0.433 e. The van der Waals surface area contributed by atoms with Crippen LogP contribution in [0.15, 0.2) is 59.2 Å². The van der Waals surface area contributed by atoms with Crippen molar-refractivity contribution < 1.29 is 22.4 Å². The Balaban J connectivity index is 1.19. The number of anilines is 1. The number of hydrogen-bond donors (Lipinski definition) is 1. The van der Waals surface area contributed by atoms with Gasteiger partial charge in [0, 0.05) is 42.5 Å². The van der Waals surface area contributed by atoms with Gasteiger partial charge in [-0.05, 0) is 80.6 Å². The molecule has 0 saturated carbocycles. The van der Waals surface area contributed by atoms with Crippen LogP contribution in [0.5, 0.6) is 0 Å². The number of nitrogens with one attached hydrogen (secondary N) is 1. The number of alkyl halides is 3. The Bertz CT molecular complexity index is 1650. The molecule has 0 bridgehead atoms. The zero-order valence-corrected chi connectivity index (χ0v) is 22.5. The molecule has 5 rings (SSSR count). The lowest BCUT2D eigenvalue weighted by Crippen LogP contribution is -2.39. The predicted molar refractivity (Wildman–Crippen MR) is 148 cm³/mol. The molecular weight excluding hydrogens is 533 g/mol. The predicted octanol–water partition coefficient (Wildman–Crippen LogP) is 6.24. The lowest BCUT2D eigenvalue weighted by Gasteiger charge is -2.32. The minimum atomic E-state index is -4.52. The van der Waals surface area contributed by atoms with E-state index in [1.165, 1.54) is 0 Å². The summed E-state index contributed by atoms with van der Waals surface area (Å²) in [4.78, 5) is 26.8. The molecule has 41 heavy (non-hydrogen) atoms. The molecule has 0 unspecified atom stereocenters. The van der Waals surface area contributed by atoms with E-state index in [0.717, 1.165) is 23.4 Å². The molecule has 0 radical (unpaired) electrons. The molecular formula is C30H27F3N6O2. The topological polar surface area (TPSA) is 108 Å². The van der Waals surface area contributed by atoms with Gasteiger partial charge in [-0.3, -0.25) is 4.79 Å². The number of allylic oxidation sites excluding steroid dienone is 2. The fourth-order valence-electron chi connectivity index (χ4n) is 4.77. The molecule has 1 N–H and O–H groups in total. The van der Waals surface area contributed by atoms with Crippen molar-refractivity contribution in [3.05, 3.63) is 77.1 Å². The number of halogens is 3. The number of hydrogen-bond acceptors (Lipinski definition) is 7. The highest BCUT2D eigenvalue weighted by Gasteiger charge is 2.33. The van der Waals surface area contributed by atoms with Gasteiger partial charge < -0.3 is 14.6 Å². The van der Waals surface area contributed by atoms with Crippen LogP contribution in [0.2, 0.25) is 0 Å². The summed E-state index contributed by atoms with van der Waals surface area (Å²) >= 11 is 0. The highest BCUT2D eigenvalue weighted by Crippen LogP contribution is 2.32. The number of carbonyl (C=O) groups is 1. The summed E-state index contributed by atoms with van der Waals surface area (Å²) in [5.41, 5.74) is 3.68. The standard InChI is InChI=1S/C30H27F3N6O2/c1-3-18(2)23-14-20(16-34)15-24-26(23)41-28(37-24)22-6-4-21(5-7-22)27(40)36-17-19-9-12-39(13-10-19)29-35-11-8-25(38-29)30(31,32)33/h3-8,11,14-15,19H,9-10,12-13,17H2,1-2H3,(H,36,40)/b18-3-. The SMILES string of the molecule is C/C=C(/C)c1cc(C#N)cc2nc(-c3ccc(C(=O)NCC4CCN(c5nccc(C(F)(F)F)n5)CC4)cc3)oc12. The number of piperidine rings is 1. The van der Waals surface area contributed by atoms with E-state index >= 15 is 0 Å². The van der Waals surface area contributed by atoms with Crippen LogP contribution < -0.4 is 10.2 Å². The van der Waals surface area contributed by atoms with Crippen molar-refractivity contribution in [2.45, 2.75) is 32.9 Å². The first-order valence-corrected chi connectivity index (χ1v) is 13.2. The lowest BCUT2D eigenvalue weighted by molar-refractivity contribution is -0.141. The van der Waals surface area contributed by atoms with Crippen LogP contribution in [-0.2, 0) is 6.18 Å². The third-order valence-corrected chi connectivity index (χ3v) is 7.25. The van der Waals surface area contributed by atoms with Gasteiger partial charge >= 0.3 is 6.18 Å². The van der Waals surface area contributed by atoms with Crippen molar-refractivity contribution in [2.75, 3.05) is 24.5 Å². The van der Waals surface area contributed by atoms with Gasteiger partial charge in [-0.15, -0.1) is 0 Å². The lowest BCUT2D eigenvalue weighted by atomic mass is 9.97. The Labute approximate surface area is 234 Å². The van der Waals surface area contributed by atoms with Gasteiger partial charge in [0.2, 0.25) is 11.8 Å². The number of benzene rings is 2. The van der Waals surface area contributed by atoms with Crippen molar-refractivity contribution in [1.29, 1.82) is 5.26 Å². The fraction of sp³-hybridized carbons (Fsp3) is 0.300. The maximum Gasteiger partial charge on any atom is 0.433 e. The molecule has 3 heterocycles. The zero-order chi connectivity index (χ0) is 29.1. The molecule has 1 amide bonds. The van der Waals surface area contributed by atoms with Crippen LogP contribution in [0.4, 0.5) is 19.1 Å². The number of rotatable bonds is 6. The first-order chi connectivity index (χ1) is 19.7. The maximum atomic E-state index is 13.0. The van der Waals surface area contributed by atoms with Crippen LogP contribution in [0, 0.1) is 17.2 Å². The molecule has 1 fully saturated rings. The van der Waals surface area contributed by atoms with E-state index in [0.29, 0.717) is 66.2 Å². The Hall–Kier alpha value is -4.72. The molecule has 210 valence electrons. The van der Waals surface area contributed by atoms with Gasteiger partial charge in [-0.1, -0.05) is 6.08 Å². The molecule has 2 aromatic carbocycles. The number of nitriles is 1. The Kier molecular flexibility index (Phi) is 7.75. The van der Waals surface area contributed by atoms with E-state index in [-0.39, 0.29) is 17.8 Å². The summed E-state index contributed by atoms with van der Waals surface area (Å²) in [7, 11) is 0. The van der Waals surface area contributed by atoms with E-state index in [9.17, 15) is 23.2 Å². The second-order valence-electron chi connectivity index (χ2n) is 9.93. The van der Waals surface area contributed by atoms with E-state index in [2.05, 4.69) is 26.3 Å². The Morgan fingerprint density at radius 1 is 1.17 bits per heavy atom. The largest absolute Gasteiger partial charge is 0.435 e. The van der Waals surface area contributed by atoms with E-state index in [4.69, 9.17) is 4.42 Å². The number of amides is 1. The molecule has 4 aromatic rings. The van der Waals surface area contributed by atoms with Gasteiger partial charge in [0.15, 0.2) is 5.58 Å². The van der Waals surface area contributed by atoms with Crippen LogP contribution in [0.3, 0.4) is 0 Å². The fourth-order valence-corrected chi connectivity index (χ4v) is 4.77. The third kappa shape index (κ3) is 6.06. The van der Waals surface area contributed by atoms with Crippen LogP contribution in [0.1, 0.15) is 53.9 Å². The first kappa shape index (κ1) is 27.8. The molecule has 0 atom stereocenters. The van der Waals surface area contributed by atoms with Gasteiger partial charge in [0.25, 0.3) is 5.91 Å². The minimum Gasteiger partial charge on any atom is -0.435 e. The third-order valence-electron chi connectivity index (χ3n) is 7.25.